The van der Waals surface area contributed by atoms with Gasteiger partial charge in [0.2, 0.25) is 0 Å². The maximum Gasteiger partial charge on any atom is 0.344 e. The topological polar surface area (TPSA) is 88.0 Å². The van der Waals surface area contributed by atoms with Crippen LogP contribution in [0.2, 0.25) is 0 Å². The van der Waals surface area contributed by atoms with Crippen molar-refractivity contribution in [3.8, 4) is 5.75 Å². The molecule has 28 heavy (non-hydrogen) atoms. The van der Waals surface area contributed by atoms with Crippen LogP contribution < -0.4 is 10.1 Å². The summed E-state index contributed by atoms with van der Waals surface area (Å²) in [6.45, 7) is 3.51. The molecular weight excluding hydrogens is 376 g/mol. The van der Waals surface area contributed by atoms with E-state index in [0.717, 1.165) is 17.7 Å². The molecular formula is C21H20N2O4S. The van der Waals surface area contributed by atoms with E-state index in [1.165, 1.54) is 18.7 Å². The van der Waals surface area contributed by atoms with E-state index in [2.05, 4.69) is 17.2 Å². The zero-order valence-electron chi connectivity index (χ0n) is 15.5. The van der Waals surface area contributed by atoms with Crippen LogP contribution in [0.15, 0.2) is 58.4 Å². The molecule has 2 aromatic rings. The molecule has 6 nitrogen and oxygen atoms in total. The fourth-order valence-corrected chi connectivity index (χ4v) is 3.42. The maximum absolute atomic E-state index is 12.4. The standard InChI is InChI=1S/C21H20N2O4S/c1-3-14-8-4-6-10-16(14)22-21-23-19(24)18(28-21)12-15-9-5-7-11-17(15)27-13(2)20(25)26/h4-13H,3H2,1-2H3,(H,25,26)(H,22,23,24)/b18-12+. The molecule has 7 heteroatoms. The number of carboxylic acid groups (broad SMARTS) is 1. The molecule has 1 atom stereocenters. The Labute approximate surface area is 167 Å². The minimum absolute atomic E-state index is 0.251. The predicted molar refractivity (Wildman–Crippen MR) is 111 cm³/mol. The second kappa shape index (κ2) is 8.75. The van der Waals surface area contributed by atoms with E-state index in [1.54, 1.807) is 30.3 Å². The van der Waals surface area contributed by atoms with Crippen molar-refractivity contribution in [1.29, 1.82) is 0 Å². The van der Waals surface area contributed by atoms with Crippen molar-refractivity contribution in [2.24, 2.45) is 4.99 Å². The highest BCUT2D eigenvalue weighted by atomic mass is 32.2. The number of thioether (sulfide) groups is 1. The van der Waals surface area contributed by atoms with Gasteiger partial charge in [-0.05, 0) is 48.9 Å². The summed E-state index contributed by atoms with van der Waals surface area (Å²) in [7, 11) is 0. The summed E-state index contributed by atoms with van der Waals surface area (Å²) in [5.74, 6) is -0.904. The number of ether oxygens (including phenoxy) is 1. The summed E-state index contributed by atoms with van der Waals surface area (Å²) in [5.41, 5.74) is 2.56. The number of benzene rings is 2. The van der Waals surface area contributed by atoms with Gasteiger partial charge >= 0.3 is 5.97 Å². The molecule has 0 aromatic heterocycles. The highest BCUT2D eigenvalue weighted by Gasteiger charge is 2.25. The van der Waals surface area contributed by atoms with Gasteiger partial charge in [0, 0.05) is 5.56 Å². The van der Waals surface area contributed by atoms with Gasteiger partial charge in [-0.1, -0.05) is 43.3 Å². The second-order valence-corrected chi connectivity index (χ2v) is 7.13. The number of aliphatic carboxylic acids is 1. The van der Waals surface area contributed by atoms with Gasteiger partial charge in [0.25, 0.3) is 5.91 Å². The summed E-state index contributed by atoms with van der Waals surface area (Å²) >= 11 is 1.24. The fourth-order valence-electron chi connectivity index (χ4n) is 2.60. The van der Waals surface area contributed by atoms with Crippen molar-refractivity contribution in [1.82, 2.24) is 5.32 Å². The Morgan fingerprint density at radius 2 is 1.96 bits per heavy atom. The number of carbonyl (C=O) groups excluding carboxylic acids is 1. The molecule has 1 saturated heterocycles. The molecule has 0 saturated carbocycles. The Morgan fingerprint density at radius 1 is 1.25 bits per heavy atom. The average Bonchev–Trinajstić information content (AvgIpc) is 3.02. The number of amidine groups is 1. The molecule has 2 N–H and O–H groups in total. The fraction of sp³-hybridized carbons (Fsp3) is 0.190. The smallest absolute Gasteiger partial charge is 0.344 e. The minimum atomic E-state index is -1.06. The van der Waals surface area contributed by atoms with Crippen LogP contribution in [0.1, 0.15) is 25.0 Å². The monoisotopic (exact) mass is 396 g/mol. The van der Waals surface area contributed by atoms with Gasteiger partial charge in [-0.3, -0.25) is 4.79 Å². The Morgan fingerprint density at radius 3 is 2.71 bits per heavy atom. The van der Waals surface area contributed by atoms with E-state index in [9.17, 15) is 9.59 Å². The lowest BCUT2D eigenvalue weighted by atomic mass is 10.1. The van der Waals surface area contributed by atoms with Crippen LogP contribution >= 0.6 is 11.8 Å². The van der Waals surface area contributed by atoms with Crippen molar-refractivity contribution in [3.63, 3.8) is 0 Å². The first-order valence-corrected chi connectivity index (χ1v) is 9.65. The first kappa shape index (κ1) is 19.7. The Hall–Kier alpha value is -3.06. The number of nitrogens with one attached hydrogen (secondary N) is 1. The van der Waals surface area contributed by atoms with Gasteiger partial charge in [0.1, 0.15) is 5.75 Å². The highest BCUT2D eigenvalue weighted by Crippen LogP contribution is 2.31. The third-order valence-corrected chi connectivity index (χ3v) is 5.01. The molecule has 1 unspecified atom stereocenters. The Balaban J connectivity index is 1.86. The lowest BCUT2D eigenvalue weighted by Crippen LogP contribution is -2.23. The normalized spacial score (nSPS) is 17.6. The van der Waals surface area contributed by atoms with Crippen LogP contribution in [0.3, 0.4) is 0 Å². The number of carboxylic acids is 1. The molecule has 0 bridgehead atoms. The van der Waals surface area contributed by atoms with Crippen molar-refractivity contribution >= 4 is 40.6 Å². The number of carbonyl (C=O) groups is 2. The van der Waals surface area contributed by atoms with Gasteiger partial charge in [0.15, 0.2) is 11.3 Å². The van der Waals surface area contributed by atoms with Gasteiger partial charge in [0.05, 0.1) is 10.6 Å². The number of aryl methyl sites for hydroxylation is 1. The molecule has 0 radical (unpaired) electrons. The van der Waals surface area contributed by atoms with Crippen LogP contribution in [0.25, 0.3) is 6.08 Å². The summed E-state index contributed by atoms with van der Waals surface area (Å²) in [4.78, 5) is 28.4. The quantitative estimate of drug-likeness (QED) is 0.721. The zero-order chi connectivity index (χ0) is 20.1. The van der Waals surface area contributed by atoms with Crippen LogP contribution in [-0.2, 0) is 16.0 Å². The Bertz CT molecular complexity index is 968. The number of rotatable bonds is 6. The molecule has 1 heterocycles. The summed E-state index contributed by atoms with van der Waals surface area (Å²) in [6.07, 6.45) is 1.53. The van der Waals surface area contributed by atoms with E-state index in [0.29, 0.717) is 21.4 Å². The molecule has 1 aliphatic rings. The number of amides is 1. The number of nitrogens with zero attached hydrogens (tertiary/aromatic N) is 1. The second-order valence-electron chi connectivity index (χ2n) is 6.10. The van der Waals surface area contributed by atoms with Crippen molar-refractivity contribution in [2.75, 3.05) is 0 Å². The molecule has 144 valence electrons. The van der Waals surface area contributed by atoms with Crippen LogP contribution in [0, 0.1) is 0 Å². The van der Waals surface area contributed by atoms with E-state index in [1.807, 2.05) is 24.3 Å². The van der Waals surface area contributed by atoms with Crippen molar-refractivity contribution in [2.45, 2.75) is 26.4 Å². The SMILES string of the molecule is CCc1ccccc1N=C1NC(=O)/C(=C\c2ccccc2OC(C)C(=O)O)S1. The van der Waals surface area contributed by atoms with Gasteiger partial charge < -0.3 is 15.2 Å². The predicted octanol–water partition coefficient (Wildman–Crippen LogP) is 3.99. The third-order valence-electron chi connectivity index (χ3n) is 4.10. The van der Waals surface area contributed by atoms with Crippen molar-refractivity contribution in [3.05, 3.63) is 64.6 Å². The minimum Gasteiger partial charge on any atom is -0.479 e. The Kier molecular flexibility index (Phi) is 6.16. The number of para-hydroxylation sites is 2. The largest absolute Gasteiger partial charge is 0.479 e. The summed E-state index contributed by atoms with van der Waals surface area (Å²) < 4.78 is 5.49. The maximum atomic E-state index is 12.4. The number of hydrogen-bond donors (Lipinski definition) is 2. The average molecular weight is 396 g/mol. The lowest BCUT2D eigenvalue weighted by molar-refractivity contribution is -0.144. The molecule has 2 aromatic carbocycles. The molecule has 1 amide bonds. The van der Waals surface area contributed by atoms with Gasteiger partial charge in [-0.25, -0.2) is 9.79 Å². The molecule has 0 spiro atoms. The van der Waals surface area contributed by atoms with E-state index in [-0.39, 0.29) is 5.91 Å². The molecule has 1 fully saturated rings. The van der Waals surface area contributed by atoms with Gasteiger partial charge in [-0.2, -0.15) is 0 Å². The van der Waals surface area contributed by atoms with Crippen LogP contribution in [-0.4, -0.2) is 28.3 Å². The highest BCUT2D eigenvalue weighted by molar-refractivity contribution is 8.18. The van der Waals surface area contributed by atoms with Gasteiger partial charge in [-0.15, -0.1) is 0 Å². The number of aliphatic imine (C=N–C) groups is 1. The van der Waals surface area contributed by atoms with Crippen molar-refractivity contribution < 1.29 is 19.4 Å². The molecule has 3 rings (SSSR count). The molecule has 1 aliphatic heterocycles. The third kappa shape index (κ3) is 4.61. The summed E-state index contributed by atoms with van der Waals surface area (Å²) in [6, 6.07) is 14.8. The van der Waals surface area contributed by atoms with Crippen LogP contribution in [0.4, 0.5) is 5.69 Å². The zero-order valence-corrected chi connectivity index (χ0v) is 16.3. The number of hydrogen-bond acceptors (Lipinski definition) is 5. The summed E-state index contributed by atoms with van der Waals surface area (Å²) in [5, 5.41) is 12.3. The first-order valence-electron chi connectivity index (χ1n) is 8.84. The first-order chi connectivity index (χ1) is 13.5. The lowest BCUT2D eigenvalue weighted by Gasteiger charge is -2.12. The van der Waals surface area contributed by atoms with E-state index < -0.39 is 12.1 Å². The van der Waals surface area contributed by atoms with E-state index >= 15 is 0 Å². The molecule has 0 aliphatic carbocycles. The van der Waals surface area contributed by atoms with E-state index in [4.69, 9.17) is 9.84 Å². The van der Waals surface area contributed by atoms with Crippen LogP contribution in [0.5, 0.6) is 5.75 Å².